The molecule has 0 heterocycles. The maximum Gasteiger partial charge on any atom is 0.0462 e. The highest BCUT2D eigenvalue weighted by atomic mass is 15.1. The first-order valence-electron chi connectivity index (χ1n) is 23.1. The van der Waals surface area contributed by atoms with Gasteiger partial charge in [0.05, 0.1) is 0 Å². The van der Waals surface area contributed by atoms with Crippen molar-refractivity contribution >= 4 is 49.4 Å². The first-order chi connectivity index (χ1) is 33.2. The number of fused-ring (bicyclic) bond motifs is 3. The number of anilines is 3. The average Bonchev–Trinajstić information content (AvgIpc) is 3.41. The van der Waals surface area contributed by atoms with Crippen LogP contribution in [0.3, 0.4) is 0 Å². The van der Waals surface area contributed by atoms with Gasteiger partial charge in [0.1, 0.15) is 0 Å². The molecule has 1 heteroatoms. The predicted octanol–water partition coefficient (Wildman–Crippen LogP) is 18.6. The minimum atomic E-state index is 1.09. The summed E-state index contributed by atoms with van der Waals surface area (Å²) in [5.41, 5.74) is 17.7. The molecule has 0 aliphatic carbocycles. The Morgan fingerprint density at radius 1 is 0.194 bits per heavy atom. The van der Waals surface area contributed by atoms with Crippen molar-refractivity contribution in [2.24, 2.45) is 0 Å². The molecule has 1 nitrogen and oxygen atoms in total. The fraction of sp³-hybridized carbons (Fsp3) is 0. The summed E-state index contributed by atoms with van der Waals surface area (Å²) in [7, 11) is 0. The van der Waals surface area contributed by atoms with Crippen molar-refractivity contribution < 1.29 is 0 Å². The molecule has 0 fully saturated rings. The Morgan fingerprint density at radius 3 is 1.27 bits per heavy atom. The van der Waals surface area contributed by atoms with Crippen LogP contribution in [0.2, 0.25) is 0 Å². The lowest BCUT2D eigenvalue weighted by atomic mass is 9.90. The van der Waals surface area contributed by atoms with Gasteiger partial charge in [-0.2, -0.15) is 0 Å². The molecule has 0 saturated heterocycles. The summed E-state index contributed by atoms with van der Waals surface area (Å²) in [6.45, 7) is 0. The molecule has 12 aromatic rings. The van der Waals surface area contributed by atoms with Crippen molar-refractivity contribution in [3.8, 4) is 66.8 Å². The van der Waals surface area contributed by atoms with Gasteiger partial charge in [-0.15, -0.1) is 0 Å². The fourth-order valence-electron chi connectivity index (χ4n) is 9.84. The van der Waals surface area contributed by atoms with Crippen LogP contribution in [0, 0.1) is 0 Å². The molecule has 67 heavy (non-hydrogen) atoms. The van der Waals surface area contributed by atoms with Gasteiger partial charge in [-0.25, -0.2) is 0 Å². The summed E-state index contributed by atoms with van der Waals surface area (Å²) in [6.07, 6.45) is 0. The van der Waals surface area contributed by atoms with E-state index < -0.39 is 0 Å². The lowest BCUT2D eigenvalue weighted by Crippen LogP contribution is -2.09. The van der Waals surface area contributed by atoms with E-state index in [-0.39, 0.29) is 0 Å². The van der Waals surface area contributed by atoms with Gasteiger partial charge in [-0.3, -0.25) is 0 Å². The normalized spacial score (nSPS) is 11.3. The molecule has 0 amide bonds. The van der Waals surface area contributed by atoms with Crippen LogP contribution in [0.1, 0.15) is 0 Å². The van der Waals surface area contributed by atoms with Crippen molar-refractivity contribution in [3.05, 3.63) is 273 Å². The smallest absolute Gasteiger partial charge is 0.0462 e. The molecule has 0 N–H and O–H groups in total. The molecule has 0 aromatic heterocycles. The van der Waals surface area contributed by atoms with Crippen LogP contribution in [-0.4, -0.2) is 0 Å². The van der Waals surface area contributed by atoms with Crippen molar-refractivity contribution in [1.29, 1.82) is 0 Å². The molecule has 0 bridgehead atoms. The largest absolute Gasteiger partial charge is 0.311 e. The number of rotatable bonds is 9. The SMILES string of the molecule is c1ccc(-c2c(-c3ccc(N(c4ccc(-c5ccc(-c6cccc7ccccc67)cc5)cc4)c4ccc(-c5cccc(-c6ccc7ccccc7c6)c5)cc4)cc3)ccc3ccccc23)cc1. The highest BCUT2D eigenvalue weighted by Gasteiger charge is 2.17. The van der Waals surface area contributed by atoms with Crippen LogP contribution < -0.4 is 4.90 Å². The third-order valence-corrected chi connectivity index (χ3v) is 13.3. The zero-order valence-corrected chi connectivity index (χ0v) is 36.9. The van der Waals surface area contributed by atoms with E-state index in [2.05, 4.69) is 278 Å². The summed E-state index contributed by atoms with van der Waals surface area (Å²) < 4.78 is 0. The monoisotopic (exact) mass is 851 g/mol. The first kappa shape index (κ1) is 39.8. The highest BCUT2D eigenvalue weighted by Crippen LogP contribution is 2.42. The third-order valence-electron chi connectivity index (χ3n) is 13.3. The van der Waals surface area contributed by atoms with Crippen LogP contribution in [0.25, 0.3) is 99.1 Å². The van der Waals surface area contributed by atoms with Crippen LogP contribution in [0.5, 0.6) is 0 Å². The lowest BCUT2D eigenvalue weighted by Gasteiger charge is -2.26. The maximum atomic E-state index is 2.37. The molecule has 0 radical (unpaired) electrons. The van der Waals surface area contributed by atoms with Crippen molar-refractivity contribution in [2.45, 2.75) is 0 Å². The first-order valence-corrected chi connectivity index (χ1v) is 23.1. The van der Waals surface area contributed by atoms with Gasteiger partial charge in [-0.05, 0) is 148 Å². The third kappa shape index (κ3) is 7.73. The van der Waals surface area contributed by atoms with E-state index in [1.807, 2.05) is 0 Å². The standard InChI is InChI=1S/C66H45N/c1-2-15-54(16-3-1)66-64-22-9-7-14-51(64)36-43-65(66)53-34-41-61(42-35-53)67(59-37-30-48(31-38-59)47-24-27-52(28-25-47)63-23-11-18-50-13-6-8-21-62(50)63)60-39-32-49(33-40-60)56-19-10-20-57(44-56)58-29-26-46-12-4-5-17-55(46)45-58/h1-45H. The topological polar surface area (TPSA) is 3.24 Å². The molecule has 0 spiro atoms. The summed E-state index contributed by atoms with van der Waals surface area (Å²) >= 11 is 0. The lowest BCUT2D eigenvalue weighted by molar-refractivity contribution is 1.28. The van der Waals surface area contributed by atoms with E-state index in [0.29, 0.717) is 0 Å². The summed E-state index contributed by atoms with van der Waals surface area (Å²) in [5, 5.41) is 7.52. The second kappa shape index (κ2) is 17.3. The van der Waals surface area contributed by atoms with E-state index in [1.54, 1.807) is 0 Å². The molecular weight excluding hydrogens is 807 g/mol. The minimum Gasteiger partial charge on any atom is -0.311 e. The van der Waals surface area contributed by atoms with E-state index >= 15 is 0 Å². The number of benzene rings is 12. The van der Waals surface area contributed by atoms with Gasteiger partial charge in [0.25, 0.3) is 0 Å². The maximum absolute atomic E-state index is 2.37. The Bertz CT molecular complexity index is 3700. The van der Waals surface area contributed by atoms with Crippen LogP contribution in [-0.2, 0) is 0 Å². The van der Waals surface area contributed by atoms with E-state index in [1.165, 1.54) is 99.1 Å². The van der Waals surface area contributed by atoms with E-state index in [4.69, 9.17) is 0 Å². The highest BCUT2D eigenvalue weighted by molar-refractivity contribution is 6.04. The fourth-order valence-corrected chi connectivity index (χ4v) is 9.84. The summed E-state index contributed by atoms with van der Waals surface area (Å²) in [5.74, 6) is 0. The van der Waals surface area contributed by atoms with Gasteiger partial charge < -0.3 is 4.90 Å². The van der Waals surface area contributed by atoms with Crippen LogP contribution >= 0.6 is 0 Å². The molecule has 0 saturated carbocycles. The molecular formula is C66H45N. The summed E-state index contributed by atoms with van der Waals surface area (Å²) in [4.78, 5) is 2.37. The van der Waals surface area contributed by atoms with Gasteiger partial charge >= 0.3 is 0 Å². The van der Waals surface area contributed by atoms with Gasteiger partial charge in [0.15, 0.2) is 0 Å². The number of hydrogen-bond acceptors (Lipinski definition) is 1. The molecule has 0 unspecified atom stereocenters. The van der Waals surface area contributed by atoms with Crippen molar-refractivity contribution in [3.63, 3.8) is 0 Å². The molecule has 314 valence electrons. The van der Waals surface area contributed by atoms with Gasteiger partial charge in [-0.1, -0.05) is 224 Å². The van der Waals surface area contributed by atoms with Crippen LogP contribution in [0.15, 0.2) is 273 Å². The summed E-state index contributed by atoms with van der Waals surface area (Å²) in [6, 6.07) is 99.4. The zero-order valence-electron chi connectivity index (χ0n) is 36.9. The molecule has 0 atom stereocenters. The Labute approximate surface area is 392 Å². The van der Waals surface area contributed by atoms with Crippen molar-refractivity contribution in [1.82, 2.24) is 0 Å². The van der Waals surface area contributed by atoms with Gasteiger partial charge in [0, 0.05) is 17.1 Å². The number of hydrogen-bond donors (Lipinski definition) is 0. The zero-order chi connectivity index (χ0) is 44.5. The molecule has 0 aliphatic rings. The average molecular weight is 852 g/mol. The van der Waals surface area contributed by atoms with Crippen LogP contribution in [0.4, 0.5) is 17.1 Å². The molecule has 12 rings (SSSR count). The van der Waals surface area contributed by atoms with Crippen molar-refractivity contribution in [2.75, 3.05) is 4.90 Å². The Balaban J connectivity index is 0.900. The number of nitrogens with zero attached hydrogens (tertiary/aromatic N) is 1. The molecule has 0 aliphatic heterocycles. The Morgan fingerprint density at radius 2 is 0.597 bits per heavy atom. The second-order valence-corrected chi connectivity index (χ2v) is 17.3. The van der Waals surface area contributed by atoms with E-state index in [0.717, 1.165) is 17.1 Å². The predicted molar refractivity (Wildman–Crippen MR) is 286 cm³/mol. The molecule has 12 aromatic carbocycles. The van der Waals surface area contributed by atoms with E-state index in [9.17, 15) is 0 Å². The Kier molecular flexibility index (Phi) is 10.3. The Hall–Kier alpha value is -8.78. The minimum absolute atomic E-state index is 1.09. The van der Waals surface area contributed by atoms with Gasteiger partial charge in [0.2, 0.25) is 0 Å². The second-order valence-electron chi connectivity index (χ2n) is 17.3. The quantitative estimate of drug-likeness (QED) is 0.140.